The molecule has 1 aromatic carbocycles. The summed E-state index contributed by atoms with van der Waals surface area (Å²) < 4.78 is 5.61. The Morgan fingerprint density at radius 1 is 1.42 bits per heavy atom. The molecule has 1 N–H and O–H groups in total. The molecule has 1 atom stereocenters. The van der Waals surface area contributed by atoms with Gasteiger partial charge in [0, 0.05) is 34.9 Å². The first-order chi connectivity index (χ1) is 9.13. The highest BCUT2D eigenvalue weighted by atomic mass is 35.5. The molecule has 0 amide bonds. The number of aromatic nitrogens is 1. The number of aromatic amines is 1. The van der Waals surface area contributed by atoms with E-state index in [1.54, 1.807) is 0 Å². The molecule has 4 heteroatoms. The van der Waals surface area contributed by atoms with Gasteiger partial charge in [0.2, 0.25) is 0 Å². The lowest BCUT2D eigenvalue weighted by atomic mass is 10.1. The zero-order chi connectivity index (χ0) is 13.4. The van der Waals surface area contributed by atoms with Crippen molar-refractivity contribution in [1.29, 1.82) is 0 Å². The predicted molar refractivity (Wildman–Crippen MR) is 78.0 cm³/mol. The normalized spacial score (nSPS) is 18.8. The lowest BCUT2D eigenvalue weighted by Gasteiger charge is -2.20. The molecule has 2 aromatic rings. The summed E-state index contributed by atoms with van der Waals surface area (Å²) in [5, 5.41) is 1.99. The number of allylic oxidation sites excluding steroid dienone is 1. The molecule has 3 rings (SSSR count). The number of ether oxygens (including phenoxy) is 1. The van der Waals surface area contributed by atoms with Crippen LogP contribution in [0.2, 0.25) is 5.02 Å². The van der Waals surface area contributed by atoms with Crippen molar-refractivity contribution in [2.45, 2.75) is 26.5 Å². The second-order valence-corrected chi connectivity index (χ2v) is 5.38. The van der Waals surface area contributed by atoms with Gasteiger partial charge in [0.1, 0.15) is 5.76 Å². The maximum absolute atomic E-state index is 6.06. The monoisotopic (exact) mass is 276 g/mol. The molecule has 100 valence electrons. The third-order valence-corrected chi connectivity index (χ3v) is 3.78. The van der Waals surface area contributed by atoms with Gasteiger partial charge < -0.3 is 14.6 Å². The van der Waals surface area contributed by atoms with E-state index in [2.05, 4.69) is 29.2 Å². The molecule has 0 bridgehead atoms. The van der Waals surface area contributed by atoms with Crippen LogP contribution in [0, 0.1) is 0 Å². The summed E-state index contributed by atoms with van der Waals surface area (Å²) in [6, 6.07) is 5.95. The average molecular weight is 277 g/mol. The minimum absolute atomic E-state index is 0.133. The Kier molecular flexibility index (Phi) is 3.15. The van der Waals surface area contributed by atoms with Gasteiger partial charge in [-0.2, -0.15) is 0 Å². The Morgan fingerprint density at radius 2 is 2.26 bits per heavy atom. The van der Waals surface area contributed by atoms with Gasteiger partial charge in [-0.25, -0.2) is 0 Å². The SMILES string of the molecule is CC1=CN(CCc2c[nH]c3ccc(Cl)cc23)C(C)O1. The molecule has 0 saturated heterocycles. The fourth-order valence-electron chi connectivity index (χ4n) is 2.56. The highest BCUT2D eigenvalue weighted by Gasteiger charge is 2.18. The topological polar surface area (TPSA) is 28.3 Å². The van der Waals surface area contributed by atoms with E-state index >= 15 is 0 Å². The number of nitrogens with one attached hydrogen (secondary N) is 1. The number of hydrogen-bond acceptors (Lipinski definition) is 2. The molecule has 1 aliphatic rings. The Balaban J connectivity index is 1.77. The zero-order valence-corrected chi connectivity index (χ0v) is 11.9. The summed E-state index contributed by atoms with van der Waals surface area (Å²) in [6.07, 6.45) is 5.25. The lowest BCUT2D eigenvalue weighted by Crippen LogP contribution is -2.26. The summed E-state index contributed by atoms with van der Waals surface area (Å²) in [6.45, 7) is 5.00. The van der Waals surface area contributed by atoms with Gasteiger partial charge in [-0.05, 0) is 44.0 Å². The van der Waals surface area contributed by atoms with Crippen molar-refractivity contribution in [3.63, 3.8) is 0 Å². The number of H-pyrrole nitrogens is 1. The van der Waals surface area contributed by atoms with E-state index in [0.717, 1.165) is 29.3 Å². The molecule has 0 radical (unpaired) electrons. The van der Waals surface area contributed by atoms with E-state index in [4.69, 9.17) is 16.3 Å². The van der Waals surface area contributed by atoms with E-state index < -0.39 is 0 Å². The maximum Gasteiger partial charge on any atom is 0.168 e. The number of benzene rings is 1. The van der Waals surface area contributed by atoms with E-state index in [9.17, 15) is 0 Å². The van der Waals surface area contributed by atoms with Crippen LogP contribution in [0.3, 0.4) is 0 Å². The summed E-state index contributed by atoms with van der Waals surface area (Å²) in [4.78, 5) is 5.51. The second-order valence-electron chi connectivity index (χ2n) is 4.95. The van der Waals surface area contributed by atoms with Crippen LogP contribution in [0.25, 0.3) is 10.9 Å². The number of rotatable bonds is 3. The summed E-state index contributed by atoms with van der Waals surface area (Å²) >= 11 is 6.06. The molecule has 1 unspecified atom stereocenters. The Bertz CT molecular complexity index is 632. The van der Waals surface area contributed by atoms with Crippen molar-refractivity contribution in [2.75, 3.05) is 6.54 Å². The highest BCUT2D eigenvalue weighted by Crippen LogP contribution is 2.24. The van der Waals surface area contributed by atoms with Gasteiger partial charge in [-0.1, -0.05) is 11.6 Å². The first kappa shape index (κ1) is 12.4. The minimum Gasteiger partial charge on any atom is -0.474 e. The van der Waals surface area contributed by atoms with Crippen LogP contribution in [0.5, 0.6) is 0 Å². The third kappa shape index (κ3) is 2.43. The molecule has 0 aliphatic carbocycles. The molecule has 1 aliphatic heterocycles. The smallest absolute Gasteiger partial charge is 0.168 e. The first-order valence-corrected chi connectivity index (χ1v) is 6.87. The van der Waals surface area contributed by atoms with Gasteiger partial charge in [0.25, 0.3) is 0 Å². The molecule has 0 saturated carbocycles. The quantitative estimate of drug-likeness (QED) is 0.921. The van der Waals surface area contributed by atoms with Crippen LogP contribution in [0.1, 0.15) is 19.4 Å². The Hall–Kier alpha value is -1.61. The molecule has 19 heavy (non-hydrogen) atoms. The van der Waals surface area contributed by atoms with Gasteiger partial charge >= 0.3 is 0 Å². The van der Waals surface area contributed by atoms with Crippen molar-refractivity contribution >= 4 is 22.5 Å². The van der Waals surface area contributed by atoms with Crippen LogP contribution in [-0.2, 0) is 11.2 Å². The van der Waals surface area contributed by atoms with Gasteiger partial charge in [0.15, 0.2) is 6.23 Å². The lowest BCUT2D eigenvalue weighted by molar-refractivity contribution is 0.0613. The molecule has 0 spiro atoms. The highest BCUT2D eigenvalue weighted by molar-refractivity contribution is 6.31. The summed E-state index contributed by atoms with van der Waals surface area (Å²) in [5.41, 5.74) is 2.43. The number of hydrogen-bond donors (Lipinski definition) is 1. The predicted octanol–water partition coefficient (Wildman–Crippen LogP) is 3.90. The van der Waals surface area contributed by atoms with Crippen LogP contribution >= 0.6 is 11.6 Å². The second kappa shape index (κ2) is 4.82. The third-order valence-electron chi connectivity index (χ3n) is 3.54. The maximum atomic E-state index is 6.06. The molecule has 1 aromatic heterocycles. The Labute approximate surface area is 117 Å². The number of fused-ring (bicyclic) bond motifs is 1. The van der Waals surface area contributed by atoms with Crippen molar-refractivity contribution in [3.8, 4) is 0 Å². The van der Waals surface area contributed by atoms with E-state index in [1.165, 1.54) is 10.9 Å². The zero-order valence-electron chi connectivity index (χ0n) is 11.1. The standard InChI is InChI=1S/C15H17ClN2O/c1-10-9-18(11(2)19-10)6-5-12-8-17-15-4-3-13(16)7-14(12)15/h3-4,7-9,11,17H,5-6H2,1-2H3. The van der Waals surface area contributed by atoms with Gasteiger partial charge in [-0.3, -0.25) is 0 Å². The molecule has 0 fully saturated rings. The van der Waals surface area contributed by atoms with Crippen LogP contribution in [-0.4, -0.2) is 22.7 Å². The van der Waals surface area contributed by atoms with Crippen LogP contribution in [0.15, 0.2) is 36.4 Å². The fourth-order valence-corrected chi connectivity index (χ4v) is 2.73. The van der Waals surface area contributed by atoms with Gasteiger partial charge in [-0.15, -0.1) is 0 Å². The van der Waals surface area contributed by atoms with E-state index in [-0.39, 0.29) is 6.23 Å². The van der Waals surface area contributed by atoms with Crippen molar-refractivity contribution in [2.24, 2.45) is 0 Å². The molecular weight excluding hydrogens is 260 g/mol. The van der Waals surface area contributed by atoms with Crippen LogP contribution in [0.4, 0.5) is 0 Å². The fraction of sp³-hybridized carbons (Fsp3) is 0.333. The molecular formula is C15H17ClN2O. The van der Waals surface area contributed by atoms with Crippen molar-refractivity contribution < 1.29 is 4.74 Å². The number of halogens is 1. The Morgan fingerprint density at radius 3 is 3.00 bits per heavy atom. The first-order valence-electron chi connectivity index (χ1n) is 6.50. The summed E-state index contributed by atoms with van der Waals surface area (Å²) in [5.74, 6) is 0.981. The van der Waals surface area contributed by atoms with Gasteiger partial charge in [0.05, 0.1) is 0 Å². The number of nitrogens with zero attached hydrogens (tertiary/aromatic N) is 1. The average Bonchev–Trinajstić information content (AvgIpc) is 2.90. The van der Waals surface area contributed by atoms with E-state index in [1.807, 2.05) is 25.1 Å². The molecule has 2 heterocycles. The molecule has 3 nitrogen and oxygen atoms in total. The minimum atomic E-state index is 0.133. The van der Waals surface area contributed by atoms with Crippen molar-refractivity contribution in [1.82, 2.24) is 9.88 Å². The summed E-state index contributed by atoms with van der Waals surface area (Å²) in [7, 11) is 0. The largest absolute Gasteiger partial charge is 0.474 e. The van der Waals surface area contributed by atoms with E-state index in [0.29, 0.717) is 0 Å². The van der Waals surface area contributed by atoms with Crippen LogP contribution < -0.4 is 0 Å². The van der Waals surface area contributed by atoms with Crippen molar-refractivity contribution in [3.05, 3.63) is 46.9 Å².